The highest BCUT2D eigenvalue weighted by molar-refractivity contribution is 5.99. The molecule has 0 heterocycles. The van der Waals surface area contributed by atoms with Gasteiger partial charge < -0.3 is 10.2 Å². The fourth-order valence-corrected chi connectivity index (χ4v) is 6.85. The minimum absolute atomic E-state index is 0.0160. The molecule has 0 radical (unpaired) electrons. The average molecular weight is 316 g/mol. The Hall–Kier alpha value is -1.09. The summed E-state index contributed by atoms with van der Waals surface area (Å²) in [6.45, 7) is 6.38. The second-order valence-electron chi connectivity index (χ2n) is 9.39. The Morgan fingerprint density at radius 3 is 2.52 bits per heavy atom. The standard InChI is InChI=1S/C20H28O3/c1-17-6-4-15-19(3)14(5-7-20(15,11-17)9-8-17)18(2,12-21)10-13(22)16(19)23/h8-10,14-15,21-22H,4-7,11-12H2,1-3H3/t14-,15+,17-,18+,19-,20+/m1/s1. The molecule has 2 fully saturated rings. The van der Waals surface area contributed by atoms with Crippen LogP contribution in [0.2, 0.25) is 0 Å². The Morgan fingerprint density at radius 1 is 1.13 bits per heavy atom. The third kappa shape index (κ3) is 1.72. The van der Waals surface area contributed by atoms with E-state index in [0.29, 0.717) is 0 Å². The second kappa shape index (κ2) is 4.30. The molecule has 6 atom stereocenters. The first kappa shape index (κ1) is 15.4. The van der Waals surface area contributed by atoms with Crippen LogP contribution in [0.1, 0.15) is 52.9 Å². The topological polar surface area (TPSA) is 57.5 Å². The van der Waals surface area contributed by atoms with Crippen molar-refractivity contribution >= 4 is 5.78 Å². The average Bonchev–Trinajstić information content (AvgIpc) is 2.75. The SMILES string of the molecule is C[C@]12C=C[C@@]3(CC[C@H]4[C@@](C)(C(=O)C(O)=C[C@@]4(C)CO)[C@@H]3CC1)C2. The number of fused-ring (bicyclic) bond motifs is 3. The quantitative estimate of drug-likeness (QED) is 0.724. The van der Waals surface area contributed by atoms with E-state index in [4.69, 9.17) is 0 Å². The predicted octanol–water partition coefficient (Wildman–Crippen LogP) is 3.79. The number of hydrogen-bond acceptors (Lipinski definition) is 3. The molecule has 0 aromatic rings. The second-order valence-corrected chi connectivity index (χ2v) is 9.39. The first-order valence-corrected chi connectivity index (χ1v) is 8.97. The lowest BCUT2D eigenvalue weighted by molar-refractivity contribution is -0.162. The summed E-state index contributed by atoms with van der Waals surface area (Å²) < 4.78 is 0. The number of ketones is 1. The minimum Gasteiger partial charge on any atom is -0.505 e. The number of aliphatic hydroxyl groups excluding tert-OH is 2. The van der Waals surface area contributed by atoms with Gasteiger partial charge in [-0.15, -0.1) is 0 Å². The van der Waals surface area contributed by atoms with E-state index in [1.807, 2.05) is 6.92 Å². The highest BCUT2D eigenvalue weighted by Gasteiger charge is 2.66. The molecule has 4 aliphatic carbocycles. The molecule has 2 saturated carbocycles. The van der Waals surface area contributed by atoms with Crippen LogP contribution in [0.5, 0.6) is 0 Å². The Labute approximate surface area is 138 Å². The third-order valence-corrected chi connectivity index (χ3v) is 7.92. The van der Waals surface area contributed by atoms with Gasteiger partial charge in [0.05, 0.1) is 6.61 Å². The van der Waals surface area contributed by atoms with Gasteiger partial charge in [-0.3, -0.25) is 4.79 Å². The van der Waals surface area contributed by atoms with E-state index in [2.05, 4.69) is 26.0 Å². The predicted molar refractivity (Wildman–Crippen MR) is 88.8 cm³/mol. The zero-order valence-corrected chi connectivity index (χ0v) is 14.4. The van der Waals surface area contributed by atoms with E-state index in [9.17, 15) is 15.0 Å². The van der Waals surface area contributed by atoms with Crippen molar-refractivity contribution in [2.75, 3.05) is 6.61 Å². The number of Topliss-reactive ketones (excluding diaryl/α,β-unsaturated/α-hetero) is 1. The summed E-state index contributed by atoms with van der Waals surface area (Å²) in [4.78, 5) is 13.1. The van der Waals surface area contributed by atoms with Gasteiger partial charge in [-0.25, -0.2) is 0 Å². The molecular formula is C20H28O3. The van der Waals surface area contributed by atoms with Crippen LogP contribution >= 0.6 is 0 Å². The minimum atomic E-state index is -0.565. The molecule has 1 spiro atoms. The first-order valence-electron chi connectivity index (χ1n) is 8.97. The number of allylic oxidation sites excluding steroid dienone is 3. The summed E-state index contributed by atoms with van der Waals surface area (Å²) >= 11 is 0. The zero-order chi connectivity index (χ0) is 16.7. The van der Waals surface area contributed by atoms with Crippen LogP contribution in [0.25, 0.3) is 0 Å². The number of rotatable bonds is 1. The van der Waals surface area contributed by atoms with Crippen LogP contribution in [0.15, 0.2) is 24.0 Å². The normalized spacial score (nSPS) is 54.4. The van der Waals surface area contributed by atoms with Gasteiger partial charge >= 0.3 is 0 Å². The first-order chi connectivity index (χ1) is 10.7. The molecule has 0 saturated heterocycles. The lowest BCUT2D eigenvalue weighted by Crippen LogP contribution is -2.61. The van der Waals surface area contributed by atoms with Gasteiger partial charge in [0.25, 0.3) is 0 Å². The van der Waals surface area contributed by atoms with Crippen molar-refractivity contribution < 1.29 is 15.0 Å². The number of carbonyl (C=O) groups excluding carboxylic acids is 1. The highest BCUT2D eigenvalue weighted by Crippen LogP contribution is 2.70. The molecule has 2 N–H and O–H groups in total. The smallest absolute Gasteiger partial charge is 0.203 e. The van der Waals surface area contributed by atoms with Crippen LogP contribution in [0.4, 0.5) is 0 Å². The fraction of sp³-hybridized carbons (Fsp3) is 0.750. The lowest BCUT2D eigenvalue weighted by atomic mass is 9.41. The molecule has 23 heavy (non-hydrogen) atoms. The van der Waals surface area contributed by atoms with Crippen molar-refractivity contribution in [1.82, 2.24) is 0 Å². The molecule has 4 rings (SSSR count). The number of aliphatic hydroxyl groups is 2. The molecule has 3 nitrogen and oxygen atoms in total. The fourth-order valence-electron chi connectivity index (χ4n) is 6.85. The largest absolute Gasteiger partial charge is 0.505 e. The van der Waals surface area contributed by atoms with Crippen LogP contribution in [0.3, 0.4) is 0 Å². The van der Waals surface area contributed by atoms with Crippen LogP contribution in [-0.4, -0.2) is 22.6 Å². The molecule has 0 aromatic heterocycles. The number of hydrogen-bond donors (Lipinski definition) is 2. The molecule has 0 aliphatic heterocycles. The van der Waals surface area contributed by atoms with Crippen molar-refractivity contribution in [3.8, 4) is 0 Å². The maximum atomic E-state index is 13.1. The van der Waals surface area contributed by atoms with Gasteiger partial charge in [0, 0.05) is 10.8 Å². The molecule has 126 valence electrons. The van der Waals surface area contributed by atoms with E-state index in [0.717, 1.165) is 32.1 Å². The van der Waals surface area contributed by atoms with Crippen molar-refractivity contribution in [3.63, 3.8) is 0 Å². The van der Waals surface area contributed by atoms with Gasteiger partial charge in [-0.1, -0.05) is 32.9 Å². The van der Waals surface area contributed by atoms with E-state index in [1.165, 1.54) is 0 Å². The van der Waals surface area contributed by atoms with E-state index in [-0.39, 0.29) is 40.8 Å². The summed E-state index contributed by atoms with van der Waals surface area (Å²) in [6, 6.07) is 0. The zero-order valence-electron chi connectivity index (χ0n) is 14.4. The van der Waals surface area contributed by atoms with Gasteiger partial charge in [0.2, 0.25) is 5.78 Å². The summed E-state index contributed by atoms with van der Waals surface area (Å²) in [5, 5.41) is 20.3. The lowest BCUT2D eigenvalue weighted by Gasteiger charge is -2.62. The summed E-state index contributed by atoms with van der Waals surface area (Å²) in [7, 11) is 0. The molecule has 0 unspecified atom stereocenters. The van der Waals surface area contributed by atoms with Gasteiger partial charge in [0.15, 0.2) is 5.76 Å². The van der Waals surface area contributed by atoms with Crippen molar-refractivity contribution in [2.45, 2.75) is 52.9 Å². The Bertz CT molecular complexity index is 635. The molecule has 2 bridgehead atoms. The maximum absolute atomic E-state index is 13.1. The Kier molecular flexibility index (Phi) is 2.89. The van der Waals surface area contributed by atoms with Crippen LogP contribution in [-0.2, 0) is 4.79 Å². The van der Waals surface area contributed by atoms with Gasteiger partial charge in [-0.2, -0.15) is 0 Å². The van der Waals surface area contributed by atoms with Crippen molar-refractivity contribution in [2.24, 2.45) is 33.5 Å². The molecule has 0 aromatic carbocycles. The van der Waals surface area contributed by atoms with Crippen LogP contribution in [0, 0.1) is 33.5 Å². The summed E-state index contributed by atoms with van der Waals surface area (Å²) in [5.74, 6) is 0.154. The van der Waals surface area contributed by atoms with Gasteiger partial charge in [0.1, 0.15) is 0 Å². The third-order valence-electron chi connectivity index (χ3n) is 7.92. The van der Waals surface area contributed by atoms with E-state index in [1.54, 1.807) is 6.08 Å². The number of carbonyl (C=O) groups is 1. The van der Waals surface area contributed by atoms with Crippen molar-refractivity contribution in [1.29, 1.82) is 0 Å². The maximum Gasteiger partial charge on any atom is 0.203 e. The summed E-state index contributed by atoms with van der Waals surface area (Å²) in [6.07, 6.45) is 11.7. The molecular weight excluding hydrogens is 288 g/mol. The van der Waals surface area contributed by atoms with Crippen LogP contribution < -0.4 is 0 Å². The molecule has 3 heteroatoms. The van der Waals surface area contributed by atoms with E-state index < -0.39 is 10.8 Å². The van der Waals surface area contributed by atoms with Gasteiger partial charge in [-0.05, 0) is 60.8 Å². The van der Waals surface area contributed by atoms with E-state index >= 15 is 0 Å². The Balaban J connectivity index is 1.85. The van der Waals surface area contributed by atoms with Crippen molar-refractivity contribution in [3.05, 3.63) is 24.0 Å². The Morgan fingerprint density at radius 2 is 1.83 bits per heavy atom. The molecule has 4 aliphatic rings. The highest BCUT2D eigenvalue weighted by atomic mass is 16.3. The summed E-state index contributed by atoms with van der Waals surface area (Å²) in [5.41, 5.74) is -0.667. The molecule has 0 amide bonds. The monoisotopic (exact) mass is 316 g/mol.